The lowest BCUT2D eigenvalue weighted by Crippen LogP contribution is -2.34. The van der Waals surface area contributed by atoms with Crippen LogP contribution in [0.3, 0.4) is 0 Å². The molecule has 0 fully saturated rings. The van der Waals surface area contributed by atoms with Crippen molar-refractivity contribution in [3.8, 4) is 0 Å². The molecule has 0 spiro atoms. The molecule has 0 aliphatic rings. The lowest BCUT2D eigenvalue weighted by Gasteiger charge is -2.21. The first-order chi connectivity index (χ1) is 12.5. The standard InChI is InChI=1S/C21H25FN2O2/c1-3-17-8-10-19(11-9-17)24(16(2)25)15-13-21(26)23-14-12-18-6-4-5-7-20(18)22/h4-11H,3,12-15H2,1-2H3,(H,23,26). The number of benzene rings is 2. The van der Waals surface area contributed by atoms with Gasteiger partial charge in [-0.1, -0.05) is 37.3 Å². The molecule has 0 aromatic heterocycles. The predicted octanol–water partition coefficient (Wildman–Crippen LogP) is 3.49. The molecule has 0 saturated carbocycles. The van der Waals surface area contributed by atoms with Crippen LogP contribution in [0.1, 0.15) is 31.4 Å². The number of rotatable bonds is 8. The quantitative estimate of drug-likeness (QED) is 0.787. The third-order valence-electron chi connectivity index (χ3n) is 4.27. The summed E-state index contributed by atoms with van der Waals surface area (Å²) in [6, 6.07) is 14.3. The lowest BCUT2D eigenvalue weighted by molar-refractivity contribution is -0.121. The summed E-state index contributed by atoms with van der Waals surface area (Å²) < 4.78 is 13.5. The smallest absolute Gasteiger partial charge is 0.223 e. The van der Waals surface area contributed by atoms with E-state index in [2.05, 4.69) is 12.2 Å². The molecule has 4 nitrogen and oxygen atoms in total. The minimum atomic E-state index is -0.264. The highest BCUT2D eigenvalue weighted by Gasteiger charge is 2.13. The maximum Gasteiger partial charge on any atom is 0.223 e. The minimum Gasteiger partial charge on any atom is -0.356 e. The van der Waals surface area contributed by atoms with Crippen LogP contribution in [0, 0.1) is 5.82 Å². The van der Waals surface area contributed by atoms with E-state index in [9.17, 15) is 14.0 Å². The molecule has 1 N–H and O–H groups in total. The highest BCUT2D eigenvalue weighted by molar-refractivity contribution is 5.92. The summed E-state index contributed by atoms with van der Waals surface area (Å²) in [6.07, 6.45) is 1.57. The normalized spacial score (nSPS) is 10.4. The van der Waals surface area contributed by atoms with Crippen molar-refractivity contribution in [3.05, 3.63) is 65.5 Å². The predicted molar refractivity (Wildman–Crippen MR) is 102 cm³/mol. The maximum absolute atomic E-state index is 13.5. The zero-order chi connectivity index (χ0) is 18.9. The number of halogens is 1. The van der Waals surface area contributed by atoms with Crippen LogP contribution in [0.2, 0.25) is 0 Å². The van der Waals surface area contributed by atoms with Crippen molar-refractivity contribution in [3.63, 3.8) is 0 Å². The fraction of sp³-hybridized carbons (Fsp3) is 0.333. The van der Waals surface area contributed by atoms with Crippen molar-refractivity contribution in [1.82, 2.24) is 5.32 Å². The molecule has 2 aromatic rings. The molecule has 0 aliphatic heterocycles. The lowest BCUT2D eigenvalue weighted by atomic mass is 10.1. The first-order valence-corrected chi connectivity index (χ1v) is 8.88. The van der Waals surface area contributed by atoms with Gasteiger partial charge in [-0.2, -0.15) is 0 Å². The summed E-state index contributed by atoms with van der Waals surface area (Å²) in [7, 11) is 0. The maximum atomic E-state index is 13.5. The third kappa shape index (κ3) is 5.69. The number of hydrogen-bond donors (Lipinski definition) is 1. The molecule has 0 heterocycles. The van der Waals surface area contributed by atoms with E-state index < -0.39 is 0 Å². The number of aryl methyl sites for hydroxylation is 1. The van der Waals surface area contributed by atoms with Gasteiger partial charge in [-0.05, 0) is 42.2 Å². The Labute approximate surface area is 154 Å². The fourth-order valence-electron chi connectivity index (χ4n) is 2.72. The van der Waals surface area contributed by atoms with Crippen LogP contribution >= 0.6 is 0 Å². The zero-order valence-electron chi connectivity index (χ0n) is 15.3. The molecule has 0 saturated heterocycles. The second-order valence-corrected chi connectivity index (χ2v) is 6.13. The Morgan fingerprint density at radius 1 is 1.08 bits per heavy atom. The highest BCUT2D eigenvalue weighted by atomic mass is 19.1. The second-order valence-electron chi connectivity index (χ2n) is 6.13. The summed E-state index contributed by atoms with van der Waals surface area (Å²) >= 11 is 0. The molecule has 138 valence electrons. The molecule has 2 amide bonds. The SMILES string of the molecule is CCc1ccc(N(CCC(=O)NCCc2ccccc2F)C(C)=O)cc1. The van der Waals surface area contributed by atoms with Gasteiger partial charge in [-0.15, -0.1) is 0 Å². The van der Waals surface area contributed by atoms with E-state index in [4.69, 9.17) is 0 Å². The van der Waals surface area contributed by atoms with E-state index >= 15 is 0 Å². The number of carbonyl (C=O) groups excluding carboxylic acids is 2. The summed E-state index contributed by atoms with van der Waals surface area (Å²) in [5.74, 6) is -0.522. The van der Waals surface area contributed by atoms with Gasteiger partial charge in [0.2, 0.25) is 11.8 Å². The summed E-state index contributed by atoms with van der Waals surface area (Å²) in [5.41, 5.74) is 2.56. The van der Waals surface area contributed by atoms with Crippen LogP contribution in [-0.2, 0) is 22.4 Å². The van der Waals surface area contributed by atoms with Gasteiger partial charge in [0.1, 0.15) is 5.82 Å². The van der Waals surface area contributed by atoms with Crippen molar-refractivity contribution in [2.45, 2.75) is 33.1 Å². The average Bonchev–Trinajstić information content (AvgIpc) is 2.64. The van der Waals surface area contributed by atoms with Gasteiger partial charge in [-0.3, -0.25) is 9.59 Å². The molecule has 2 rings (SSSR count). The van der Waals surface area contributed by atoms with E-state index in [1.807, 2.05) is 24.3 Å². The van der Waals surface area contributed by atoms with E-state index in [0.717, 1.165) is 12.1 Å². The van der Waals surface area contributed by atoms with Gasteiger partial charge >= 0.3 is 0 Å². The minimum absolute atomic E-state index is 0.103. The Kier molecular flexibility index (Phi) is 7.33. The number of anilines is 1. The first kappa shape index (κ1) is 19.6. The van der Waals surface area contributed by atoms with Crippen LogP contribution in [0.5, 0.6) is 0 Å². The van der Waals surface area contributed by atoms with Crippen LogP contribution in [-0.4, -0.2) is 24.9 Å². The molecular formula is C21H25FN2O2. The Hall–Kier alpha value is -2.69. The number of nitrogens with zero attached hydrogens (tertiary/aromatic N) is 1. The van der Waals surface area contributed by atoms with Gasteiger partial charge in [0.25, 0.3) is 0 Å². The highest BCUT2D eigenvalue weighted by Crippen LogP contribution is 2.16. The van der Waals surface area contributed by atoms with Crippen molar-refractivity contribution < 1.29 is 14.0 Å². The van der Waals surface area contributed by atoms with Crippen LogP contribution in [0.25, 0.3) is 0 Å². The van der Waals surface area contributed by atoms with E-state index in [-0.39, 0.29) is 24.1 Å². The van der Waals surface area contributed by atoms with E-state index in [1.54, 1.807) is 23.1 Å². The molecular weight excluding hydrogens is 331 g/mol. The molecule has 26 heavy (non-hydrogen) atoms. The van der Waals surface area contributed by atoms with Gasteiger partial charge in [0.05, 0.1) is 0 Å². The van der Waals surface area contributed by atoms with Crippen LogP contribution in [0.15, 0.2) is 48.5 Å². The number of nitrogens with one attached hydrogen (secondary N) is 1. The fourth-order valence-corrected chi connectivity index (χ4v) is 2.72. The monoisotopic (exact) mass is 356 g/mol. The van der Waals surface area contributed by atoms with Gasteiger partial charge < -0.3 is 10.2 Å². The number of hydrogen-bond acceptors (Lipinski definition) is 2. The van der Waals surface area contributed by atoms with Crippen molar-refractivity contribution in [2.75, 3.05) is 18.0 Å². The Bertz CT molecular complexity index is 744. The largest absolute Gasteiger partial charge is 0.356 e. The summed E-state index contributed by atoms with van der Waals surface area (Å²) in [5, 5.41) is 2.78. The van der Waals surface area contributed by atoms with Crippen molar-refractivity contribution >= 4 is 17.5 Å². The Morgan fingerprint density at radius 2 is 1.77 bits per heavy atom. The Morgan fingerprint density at radius 3 is 2.38 bits per heavy atom. The van der Waals surface area contributed by atoms with Gasteiger partial charge in [-0.25, -0.2) is 4.39 Å². The van der Waals surface area contributed by atoms with Crippen LogP contribution < -0.4 is 10.2 Å². The number of amides is 2. The van der Waals surface area contributed by atoms with Crippen molar-refractivity contribution in [1.29, 1.82) is 0 Å². The molecule has 0 aliphatic carbocycles. The molecule has 5 heteroatoms. The topological polar surface area (TPSA) is 49.4 Å². The summed E-state index contributed by atoms with van der Waals surface area (Å²) in [4.78, 5) is 25.5. The second kappa shape index (κ2) is 9.70. The molecule has 0 radical (unpaired) electrons. The molecule has 2 aromatic carbocycles. The number of carbonyl (C=O) groups is 2. The van der Waals surface area contributed by atoms with E-state index in [1.165, 1.54) is 18.6 Å². The van der Waals surface area contributed by atoms with Gasteiger partial charge in [0, 0.05) is 32.1 Å². The third-order valence-corrected chi connectivity index (χ3v) is 4.27. The molecule has 0 atom stereocenters. The average molecular weight is 356 g/mol. The first-order valence-electron chi connectivity index (χ1n) is 8.88. The van der Waals surface area contributed by atoms with Gasteiger partial charge in [0.15, 0.2) is 0 Å². The Balaban J connectivity index is 1.83. The molecule has 0 bridgehead atoms. The molecule has 0 unspecified atom stereocenters. The summed E-state index contributed by atoms with van der Waals surface area (Å²) in [6.45, 7) is 4.24. The van der Waals surface area contributed by atoms with E-state index in [0.29, 0.717) is 25.1 Å². The zero-order valence-corrected chi connectivity index (χ0v) is 15.3. The van der Waals surface area contributed by atoms with Crippen molar-refractivity contribution in [2.24, 2.45) is 0 Å². The van der Waals surface area contributed by atoms with Crippen LogP contribution in [0.4, 0.5) is 10.1 Å².